The van der Waals surface area contributed by atoms with E-state index in [2.05, 4.69) is 9.47 Å². The molecule has 0 aliphatic heterocycles. The van der Waals surface area contributed by atoms with Gasteiger partial charge in [0.25, 0.3) is 0 Å². The fraction of sp³-hybridized carbons (Fsp3) is 0.778. The maximum atomic E-state index is 11.4. The molecule has 0 saturated carbocycles. The minimum Gasteiger partial charge on any atom is -0.466 e. The second-order valence-electron chi connectivity index (χ2n) is 3.17. The monoisotopic (exact) mass is 203 g/mol. The molecule has 0 heterocycles. The number of hydrogen-bond acceptors (Lipinski definition) is 4. The molecule has 0 amide bonds. The maximum Gasteiger partial charge on any atom is 0.305 e. The van der Waals surface area contributed by atoms with Crippen LogP contribution in [0.2, 0.25) is 0 Å². The molecule has 0 rings (SSSR count). The van der Waals surface area contributed by atoms with Gasteiger partial charge in [-0.2, -0.15) is 5.11 Å². The zero-order valence-corrected chi connectivity index (χ0v) is 8.66. The molecule has 0 aromatic rings. The van der Waals surface area contributed by atoms with Crippen LogP contribution in [0.5, 0.6) is 0 Å². The molecule has 81 valence electrons. The van der Waals surface area contributed by atoms with E-state index in [-0.39, 0.29) is 19.0 Å². The zero-order chi connectivity index (χ0) is 11.2. The van der Waals surface area contributed by atoms with Gasteiger partial charge in [-0.05, 0) is 6.42 Å². The summed E-state index contributed by atoms with van der Waals surface area (Å²) in [6.45, 7) is 3.93. The molecule has 0 aliphatic carbocycles. The molecule has 0 saturated heterocycles. The lowest BCUT2D eigenvalue weighted by Gasteiger charge is -2.19. The van der Waals surface area contributed by atoms with E-state index in [0.717, 1.165) is 0 Å². The van der Waals surface area contributed by atoms with Crippen LogP contribution in [0.4, 0.5) is 0 Å². The van der Waals surface area contributed by atoms with Crippen molar-refractivity contribution in [3.8, 4) is 0 Å². The van der Waals surface area contributed by atoms with E-state index in [9.17, 15) is 14.7 Å². The van der Waals surface area contributed by atoms with Crippen molar-refractivity contribution in [2.45, 2.75) is 39.4 Å². The summed E-state index contributed by atoms with van der Waals surface area (Å²) in [6.07, 6.45) is 0.507. The molecule has 5 nitrogen and oxygen atoms in total. The van der Waals surface area contributed by atoms with E-state index in [1.54, 1.807) is 0 Å². The smallest absolute Gasteiger partial charge is 0.305 e. The molecule has 1 radical (unpaired) electrons. The second kappa shape index (κ2) is 5.59. The lowest BCUT2D eigenvalue weighted by molar-refractivity contribution is -0.227. The number of ether oxygens (including phenoxy) is 2. The van der Waals surface area contributed by atoms with E-state index in [0.29, 0.717) is 6.42 Å². The molecule has 0 aliphatic rings. The van der Waals surface area contributed by atoms with Crippen LogP contribution in [-0.2, 0) is 24.2 Å². The summed E-state index contributed by atoms with van der Waals surface area (Å²) in [5.41, 5.74) is 0. The Kier molecular flexibility index (Phi) is 5.15. The Hall–Kier alpha value is -1.10. The third kappa shape index (κ3) is 7.54. The lowest BCUT2D eigenvalue weighted by Crippen LogP contribution is -2.29. The van der Waals surface area contributed by atoms with Crippen molar-refractivity contribution in [1.29, 1.82) is 0 Å². The molecule has 0 fully saturated rings. The van der Waals surface area contributed by atoms with Gasteiger partial charge in [0.15, 0.2) is 0 Å². The van der Waals surface area contributed by atoms with Gasteiger partial charge in [-0.1, -0.05) is 0 Å². The number of hydrogen-bond donors (Lipinski definition) is 0. The number of carbonyl (C=O) groups excluding carboxylic acids is 2. The van der Waals surface area contributed by atoms with E-state index in [4.69, 9.17) is 0 Å². The molecule has 1 atom stereocenters. The molecule has 5 heteroatoms. The van der Waals surface area contributed by atoms with Gasteiger partial charge in [-0.25, -0.2) is 0 Å². The molecular weight excluding hydrogens is 188 g/mol. The fourth-order valence-electron chi connectivity index (χ4n) is 0.964. The van der Waals surface area contributed by atoms with Gasteiger partial charge in [-0.3, -0.25) is 9.59 Å². The summed E-state index contributed by atoms with van der Waals surface area (Å²) < 4.78 is 9.13. The fourth-order valence-corrected chi connectivity index (χ4v) is 0.964. The van der Waals surface area contributed by atoms with Crippen molar-refractivity contribution < 1.29 is 24.2 Å². The Morgan fingerprint density at radius 1 is 1.21 bits per heavy atom. The Balaban J connectivity index is 3.65. The first kappa shape index (κ1) is 12.9. The standard InChI is InChI=1S/C9H15O5/c1-7(10)13-6-4-5-9(3,12)14-8(2)11/h4-6H2,1-3H3. The van der Waals surface area contributed by atoms with Gasteiger partial charge in [0.05, 0.1) is 6.61 Å². The zero-order valence-electron chi connectivity index (χ0n) is 8.66. The Morgan fingerprint density at radius 2 is 1.79 bits per heavy atom. The summed E-state index contributed by atoms with van der Waals surface area (Å²) in [6, 6.07) is 0. The van der Waals surface area contributed by atoms with Crippen LogP contribution >= 0.6 is 0 Å². The Labute approximate surface area is 83.0 Å². The highest BCUT2D eigenvalue weighted by atomic mass is 16.7. The van der Waals surface area contributed by atoms with Crippen LogP contribution in [0.3, 0.4) is 0 Å². The third-order valence-corrected chi connectivity index (χ3v) is 1.44. The van der Waals surface area contributed by atoms with Gasteiger partial charge < -0.3 is 9.47 Å². The largest absolute Gasteiger partial charge is 0.466 e. The minimum atomic E-state index is -1.73. The highest BCUT2D eigenvalue weighted by Crippen LogP contribution is 2.14. The van der Waals surface area contributed by atoms with Gasteiger partial charge in [0, 0.05) is 27.2 Å². The summed E-state index contributed by atoms with van der Waals surface area (Å²) >= 11 is 0. The normalized spacial score (nSPS) is 14.3. The van der Waals surface area contributed by atoms with Crippen molar-refractivity contribution in [2.75, 3.05) is 6.61 Å². The van der Waals surface area contributed by atoms with Crippen molar-refractivity contribution in [3.63, 3.8) is 0 Å². The molecule has 0 aromatic heterocycles. The van der Waals surface area contributed by atoms with Crippen molar-refractivity contribution in [2.24, 2.45) is 0 Å². The molecule has 0 aromatic carbocycles. The molecule has 0 spiro atoms. The first-order valence-electron chi connectivity index (χ1n) is 4.37. The summed E-state index contributed by atoms with van der Waals surface area (Å²) in [7, 11) is 0. The average Bonchev–Trinajstić information content (AvgIpc) is 1.95. The van der Waals surface area contributed by atoms with E-state index in [1.165, 1.54) is 20.8 Å². The topological polar surface area (TPSA) is 72.5 Å². The predicted octanol–water partition coefficient (Wildman–Crippen LogP) is 1.04. The van der Waals surface area contributed by atoms with Gasteiger partial charge in [0.1, 0.15) is 0 Å². The number of rotatable bonds is 5. The number of carbonyl (C=O) groups is 2. The van der Waals surface area contributed by atoms with Crippen molar-refractivity contribution in [1.82, 2.24) is 0 Å². The van der Waals surface area contributed by atoms with Gasteiger partial charge >= 0.3 is 11.9 Å². The quantitative estimate of drug-likeness (QED) is 0.380. The molecule has 0 N–H and O–H groups in total. The van der Waals surface area contributed by atoms with Crippen LogP contribution < -0.4 is 0 Å². The Bertz CT molecular complexity index is 209. The van der Waals surface area contributed by atoms with Crippen molar-refractivity contribution >= 4 is 11.9 Å². The molecule has 14 heavy (non-hydrogen) atoms. The maximum absolute atomic E-state index is 11.4. The summed E-state index contributed by atoms with van der Waals surface area (Å²) in [5.74, 6) is -2.72. The van der Waals surface area contributed by atoms with Crippen LogP contribution in [0.25, 0.3) is 0 Å². The molecule has 0 bridgehead atoms. The molecule has 1 unspecified atom stereocenters. The highest BCUT2D eigenvalue weighted by Gasteiger charge is 2.25. The summed E-state index contributed by atoms with van der Waals surface area (Å²) in [5, 5.41) is 11.4. The molecular formula is C9H15O5. The second-order valence-corrected chi connectivity index (χ2v) is 3.17. The van der Waals surface area contributed by atoms with Crippen LogP contribution in [-0.4, -0.2) is 24.3 Å². The SMILES string of the molecule is CC(=O)OCCCC(C)([O])OC(C)=O. The van der Waals surface area contributed by atoms with Crippen LogP contribution in [0, 0.1) is 0 Å². The highest BCUT2D eigenvalue weighted by molar-refractivity contribution is 5.66. The van der Waals surface area contributed by atoms with Gasteiger partial charge in [0.2, 0.25) is 5.79 Å². The van der Waals surface area contributed by atoms with E-state index in [1.807, 2.05) is 0 Å². The van der Waals surface area contributed by atoms with E-state index >= 15 is 0 Å². The predicted molar refractivity (Wildman–Crippen MR) is 46.7 cm³/mol. The third-order valence-electron chi connectivity index (χ3n) is 1.44. The van der Waals surface area contributed by atoms with Crippen LogP contribution in [0.15, 0.2) is 0 Å². The van der Waals surface area contributed by atoms with Crippen LogP contribution in [0.1, 0.15) is 33.6 Å². The van der Waals surface area contributed by atoms with Crippen molar-refractivity contribution in [3.05, 3.63) is 0 Å². The minimum absolute atomic E-state index is 0.125. The first-order valence-corrected chi connectivity index (χ1v) is 4.37. The first-order chi connectivity index (χ1) is 6.33. The van der Waals surface area contributed by atoms with E-state index < -0.39 is 11.8 Å². The Morgan fingerprint density at radius 3 is 2.21 bits per heavy atom. The summed E-state index contributed by atoms with van der Waals surface area (Å²) in [4.78, 5) is 20.9. The van der Waals surface area contributed by atoms with Gasteiger partial charge in [-0.15, -0.1) is 0 Å². The number of esters is 2. The lowest BCUT2D eigenvalue weighted by atomic mass is 10.2. The average molecular weight is 203 g/mol.